The summed E-state index contributed by atoms with van der Waals surface area (Å²) < 4.78 is 5.43. The van der Waals surface area contributed by atoms with Crippen LogP contribution in [-0.4, -0.2) is 18.7 Å². The Morgan fingerprint density at radius 1 is 0.957 bits per heavy atom. The number of carbonyl (C=O) groups excluding carboxylic acids is 2. The molecule has 2 aromatic rings. The highest BCUT2D eigenvalue weighted by molar-refractivity contribution is 6.53. The van der Waals surface area contributed by atoms with E-state index < -0.39 is 11.6 Å². The molecule has 3 nitrogen and oxygen atoms in total. The molecule has 0 spiro atoms. The second kappa shape index (κ2) is 5.34. The molecule has 0 aromatic heterocycles. The maximum atomic E-state index is 12.7. The summed E-state index contributed by atoms with van der Waals surface area (Å²) in [5.74, 6) is -0.0360. The number of carbonyl (C=O) groups is 2. The lowest BCUT2D eigenvalue weighted by Crippen LogP contribution is -2.24. The van der Waals surface area contributed by atoms with Gasteiger partial charge in [-0.05, 0) is 59.4 Å². The monoisotopic (exact) mass is 308 g/mol. The maximum Gasteiger partial charge on any atom is 0.234 e. The summed E-state index contributed by atoms with van der Waals surface area (Å²) in [6.07, 6.45) is 1.85. The number of ketones is 2. The Morgan fingerprint density at radius 2 is 1.65 bits per heavy atom. The maximum absolute atomic E-state index is 12.7. The number of aryl methyl sites for hydroxylation is 1. The molecule has 0 amide bonds. The van der Waals surface area contributed by atoms with Crippen molar-refractivity contribution in [3.63, 3.8) is 0 Å². The van der Waals surface area contributed by atoms with E-state index in [-0.39, 0.29) is 5.92 Å². The van der Waals surface area contributed by atoms with Gasteiger partial charge in [-0.15, -0.1) is 0 Å². The average molecular weight is 308 g/mol. The molecule has 0 bridgehead atoms. The molecule has 2 aromatic carbocycles. The van der Waals surface area contributed by atoms with Gasteiger partial charge in [-0.1, -0.05) is 26.0 Å². The molecule has 3 heteroatoms. The van der Waals surface area contributed by atoms with Gasteiger partial charge in [0.2, 0.25) is 11.6 Å². The third kappa shape index (κ3) is 2.19. The van der Waals surface area contributed by atoms with Gasteiger partial charge < -0.3 is 4.74 Å². The molecule has 3 rings (SSSR count). The number of Topliss-reactive ketones (excluding diaryl/α,β-unsaturated/α-hetero) is 2. The minimum Gasteiger partial charge on any atom is -0.496 e. The van der Waals surface area contributed by atoms with E-state index in [1.54, 1.807) is 7.11 Å². The summed E-state index contributed by atoms with van der Waals surface area (Å²) in [7, 11) is 1.62. The quantitative estimate of drug-likeness (QED) is 0.778. The number of fused-ring (bicyclic) bond motifs is 3. The number of allylic oxidation sites excluding steroid dienone is 1. The predicted octanol–water partition coefficient (Wildman–Crippen LogP) is 4.27. The second-order valence-corrected chi connectivity index (χ2v) is 6.37. The van der Waals surface area contributed by atoms with Gasteiger partial charge in [-0.2, -0.15) is 0 Å². The van der Waals surface area contributed by atoms with Gasteiger partial charge >= 0.3 is 0 Å². The van der Waals surface area contributed by atoms with E-state index in [1.807, 2.05) is 52.0 Å². The van der Waals surface area contributed by atoms with Crippen molar-refractivity contribution in [3.05, 3.63) is 46.0 Å². The van der Waals surface area contributed by atoms with Crippen LogP contribution in [0.5, 0.6) is 5.75 Å². The van der Waals surface area contributed by atoms with Crippen LogP contribution < -0.4 is 4.74 Å². The van der Waals surface area contributed by atoms with Gasteiger partial charge in [-0.25, -0.2) is 0 Å². The molecule has 0 saturated carbocycles. The SMILES string of the molecule is COc1cc2c3c(ccc2c(C)c1C)C=C(C(C)C)C(=O)C3=O. The average Bonchev–Trinajstić information content (AvgIpc) is 2.53. The first-order valence-electron chi connectivity index (χ1n) is 7.78. The Balaban J connectivity index is 2.41. The van der Waals surface area contributed by atoms with Crippen molar-refractivity contribution in [2.45, 2.75) is 27.7 Å². The fourth-order valence-corrected chi connectivity index (χ4v) is 3.23. The van der Waals surface area contributed by atoms with Crippen LogP contribution in [0, 0.1) is 19.8 Å². The van der Waals surface area contributed by atoms with Gasteiger partial charge in [0.25, 0.3) is 0 Å². The summed E-state index contributed by atoms with van der Waals surface area (Å²) >= 11 is 0. The van der Waals surface area contributed by atoms with Gasteiger partial charge in [0, 0.05) is 11.1 Å². The number of rotatable bonds is 2. The van der Waals surface area contributed by atoms with Crippen molar-refractivity contribution in [2.24, 2.45) is 5.92 Å². The third-order valence-corrected chi connectivity index (χ3v) is 4.74. The molecular formula is C20H20O3. The van der Waals surface area contributed by atoms with Gasteiger partial charge in [-0.3, -0.25) is 9.59 Å². The Labute approximate surface area is 136 Å². The number of hydrogen-bond acceptors (Lipinski definition) is 3. The first-order valence-corrected chi connectivity index (χ1v) is 7.78. The highest BCUT2D eigenvalue weighted by Gasteiger charge is 2.30. The lowest BCUT2D eigenvalue weighted by atomic mass is 9.82. The molecule has 0 aliphatic heterocycles. The minimum absolute atomic E-state index is 0.0320. The molecule has 0 atom stereocenters. The number of hydrogen-bond donors (Lipinski definition) is 0. The van der Waals surface area contributed by atoms with E-state index in [2.05, 4.69) is 0 Å². The Bertz CT molecular complexity index is 886. The van der Waals surface area contributed by atoms with Crippen molar-refractivity contribution in [2.75, 3.05) is 7.11 Å². The van der Waals surface area contributed by atoms with Crippen LogP contribution in [-0.2, 0) is 4.79 Å². The summed E-state index contributed by atoms with van der Waals surface area (Å²) in [5.41, 5.74) is 4.01. The molecule has 0 unspecified atom stereocenters. The van der Waals surface area contributed by atoms with Crippen LogP contribution in [0.4, 0.5) is 0 Å². The van der Waals surface area contributed by atoms with E-state index >= 15 is 0 Å². The van der Waals surface area contributed by atoms with E-state index in [1.165, 1.54) is 0 Å². The fourth-order valence-electron chi connectivity index (χ4n) is 3.23. The van der Waals surface area contributed by atoms with Crippen molar-refractivity contribution >= 4 is 28.4 Å². The van der Waals surface area contributed by atoms with E-state index in [4.69, 9.17) is 4.74 Å². The number of benzene rings is 2. The molecule has 0 fully saturated rings. The zero-order chi connectivity index (χ0) is 16.9. The summed E-state index contributed by atoms with van der Waals surface area (Å²) in [5, 5.41) is 1.78. The summed E-state index contributed by atoms with van der Waals surface area (Å²) in [6.45, 7) is 7.87. The first kappa shape index (κ1) is 15.5. The van der Waals surface area contributed by atoms with E-state index in [0.717, 1.165) is 33.2 Å². The highest BCUT2D eigenvalue weighted by Crippen LogP contribution is 2.36. The molecule has 118 valence electrons. The topological polar surface area (TPSA) is 43.4 Å². The van der Waals surface area contributed by atoms with Crippen LogP contribution in [0.25, 0.3) is 16.8 Å². The van der Waals surface area contributed by atoms with Crippen LogP contribution >= 0.6 is 0 Å². The van der Waals surface area contributed by atoms with Crippen LogP contribution in [0.3, 0.4) is 0 Å². The highest BCUT2D eigenvalue weighted by atomic mass is 16.5. The van der Waals surface area contributed by atoms with Crippen molar-refractivity contribution < 1.29 is 14.3 Å². The molecule has 0 radical (unpaired) electrons. The van der Waals surface area contributed by atoms with E-state index in [0.29, 0.717) is 11.1 Å². The second-order valence-electron chi connectivity index (χ2n) is 6.37. The lowest BCUT2D eigenvalue weighted by molar-refractivity contribution is -0.112. The normalized spacial score (nSPS) is 14.3. The van der Waals surface area contributed by atoms with Gasteiger partial charge in [0.1, 0.15) is 5.75 Å². The molecule has 0 saturated heterocycles. The summed E-state index contributed by atoms with van der Waals surface area (Å²) in [6, 6.07) is 5.83. The standard InChI is InChI=1S/C20H20O3/c1-10(2)15-8-13-6-7-14-11(3)12(4)17(23-5)9-16(14)18(13)20(22)19(15)21/h6-10H,1-5H3. The fraction of sp³-hybridized carbons (Fsp3) is 0.300. The van der Waals surface area contributed by atoms with Gasteiger partial charge in [0.05, 0.1) is 7.11 Å². The zero-order valence-corrected chi connectivity index (χ0v) is 14.1. The minimum atomic E-state index is -0.415. The smallest absolute Gasteiger partial charge is 0.234 e. The number of methoxy groups -OCH3 is 1. The third-order valence-electron chi connectivity index (χ3n) is 4.74. The largest absolute Gasteiger partial charge is 0.496 e. The van der Waals surface area contributed by atoms with Crippen molar-refractivity contribution in [1.82, 2.24) is 0 Å². The summed E-state index contributed by atoms with van der Waals surface area (Å²) in [4.78, 5) is 25.1. The molecule has 1 aliphatic rings. The molecule has 1 aliphatic carbocycles. The van der Waals surface area contributed by atoms with Crippen LogP contribution in [0.2, 0.25) is 0 Å². The van der Waals surface area contributed by atoms with Crippen LogP contribution in [0.15, 0.2) is 23.8 Å². The first-order chi connectivity index (χ1) is 10.9. The van der Waals surface area contributed by atoms with Crippen molar-refractivity contribution in [1.29, 1.82) is 0 Å². The Hall–Kier alpha value is -2.42. The van der Waals surface area contributed by atoms with Crippen LogP contribution in [0.1, 0.15) is 40.9 Å². The lowest BCUT2D eigenvalue weighted by Gasteiger charge is -2.20. The molecule has 23 heavy (non-hydrogen) atoms. The van der Waals surface area contributed by atoms with Crippen molar-refractivity contribution in [3.8, 4) is 5.75 Å². The zero-order valence-electron chi connectivity index (χ0n) is 14.1. The molecule has 0 heterocycles. The molecular weight excluding hydrogens is 288 g/mol. The Kier molecular flexibility index (Phi) is 3.59. The molecule has 0 N–H and O–H groups in total. The van der Waals surface area contributed by atoms with E-state index in [9.17, 15) is 9.59 Å². The van der Waals surface area contributed by atoms with Gasteiger partial charge in [0.15, 0.2) is 0 Å². The Morgan fingerprint density at radius 3 is 2.26 bits per heavy atom. The number of ether oxygens (including phenoxy) is 1. The predicted molar refractivity (Wildman–Crippen MR) is 92.1 cm³/mol.